The highest BCUT2D eigenvalue weighted by atomic mass is 79.9. The predicted octanol–water partition coefficient (Wildman–Crippen LogP) is 2.90. The van der Waals surface area contributed by atoms with Gasteiger partial charge in [-0.3, -0.25) is 5.84 Å². The summed E-state index contributed by atoms with van der Waals surface area (Å²) in [4.78, 5) is 4.19. The smallest absolute Gasteiger partial charge is 0.124 e. The van der Waals surface area contributed by atoms with Crippen LogP contribution in [0.15, 0.2) is 16.9 Å². The third-order valence-corrected chi connectivity index (χ3v) is 3.89. The summed E-state index contributed by atoms with van der Waals surface area (Å²) >= 11 is 9.29. The van der Waals surface area contributed by atoms with Crippen LogP contribution >= 0.6 is 27.5 Å². The number of hydrogen-bond acceptors (Lipinski definition) is 3. The number of hydrogen-bond donors (Lipinski definition) is 1. The minimum Gasteiger partial charge on any atom is -0.268 e. The molecule has 1 fully saturated rings. The molecule has 2 rings (SSSR count). The van der Waals surface area contributed by atoms with Crippen molar-refractivity contribution in [2.24, 2.45) is 5.84 Å². The number of aromatic nitrogens is 1. The first kappa shape index (κ1) is 11.3. The van der Waals surface area contributed by atoms with Crippen LogP contribution in [-0.2, 0) is 0 Å². The Morgan fingerprint density at radius 2 is 2.33 bits per heavy atom. The Labute approximate surface area is 103 Å². The van der Waals surface area contributed by atoms with Crippen molar-refractivity contribution in [1.29, 1.82) is 0 Å². The molecule has 1 aromatic rings. The summed E-state index contributed by atoms with van der Waals surface area (Å²) in [5.74, 6) is 5.95. The van der Waals surface area contributed by atoms with E-state index in [0.717, 1.165) is 18.5 Å². The fraction of sp³-hybridized carbons (Fsp3) is 0.500. The van der Waals surface area contributed by atoms with Gasteiger partial charge in [0.05, 0.1) is 11.1 Å². The third-order valence-electron chi connectivity index (χ3n) is 2.75. The maximum Gasteiger partial charge on any atom is 0.124 e. The van der Waals surface area contributed by atoms with Gasteiger partial charge in [-0.25, -0.2) is 9.99 Å². The average molecular weight is 291 g/mol. The normalized spacial score (nSPS) is 23.0. The van der Waals surface area contributed by atoms with Gasteiger partial charge in [-0.2, -0.15) is 0 Å². The van der Waals surface area contributed by atoms with Crippen LogP contribution in [0.4, 0.5) is 0 Å². The molecule has 5 heteroatoms. The van der Waals surface area contributed by atoms with E-state index in [2.05, 4.69) is 20.9 Å². The molecule has 0 saturated carbocycles. The van der Waals surface area contributed by atoms with E-state index < -0.39 is 0 Å². The van der Waals surface area contributed by atoms with E-state index in [1.807, 2.05) is 17.3 Å². The van der Waals surface area contributed by atoms with E-state index in [0.29, 0.717) is 9.63 Å². The second-order valence-electron chi connectivity index (χ2n) is 3.79. The van der Waals surface area contributed by atoms with Crippen molar-refractivity contribution in [1.82, 2.24) is 9.99 Å². The van der Waals surface area contributed by atoms with Crippen molar-refractivity contribution in [2.45, 2.75) is 25.3 Å². The summed E-state index contributed by atoms with van der Waals surface area (Å²) in [5, 5.41) is 2.52. The molecule has 82 valence electrons. The van der Waals surface area contributed by atoms with Crippen LogP contribution in [-0.4, -0.2) is 16.5 Å². The molecule has 0 aliphatic carbocycles. The summed E-state index contributed by atoms with van der Waals surface area (Å²) in [6.07, 6.45) is 5.30. The van der Waals surface area contributed by atoms with Crippen LogP contribution in [0.2, 0.25) is 5.02 Å². The van der Waals surface area contributed by atoms with Gasteiger partial charge in [-0.1, -0.05) is 18.0 Å². The Morgan fingerprint density at radius 3 is 3.00 bits per heavy atom. The van der Waals surface area contributed by atoms with E-state index in [1.54, 1.807) is 0 Å². The third kappa shape index (κ3) is 2.50. The lowest BCUT2D eigenvalue weighted by Crippen LogP contribution is -2.38. The first-order valence-electron chi connectivity index (χ1n) is 5.01. The summed E-state index contributed by atoms with van der Waals surface area (Å²) in [5.41, 5.74) is 1.10. The number of piperidine rings is 1. The zero-order valence-corrected chi connectivity index (χ0v) is 10.6. The highest BCUT2D eigenvalue weighted by molar-refractivity contribution is 9.10. The van der Waals surface area contributed by atoms with Crippen LogP contribution in [0, 0.1) is 0 Å². The summed E-state index contributed by atoms with van der Waals surface area (Å²) in [6, 6.07) is 2.20. The largest absolute Gasteiger partial charge is 0.268 e. The van der Waals surface area contributed by atoms with E-state index in [-0.39, 0.29) is 6.04 Å². The molecular weight excluding hydrogens is 277 g/mol. The van der Waals surface area contributed by atoms with Gasteiger partial charge in [-0.15, -0.1) is 0 Å². The molecule has 0 amide bonds. The monoisotopic (exact) mass is 289 g/mol. The number of nitrogens with zero attached hydrogens (tertiary/aromatic N) is 2. The fourth-order valence-electron chi connectivity index (χ4n) is 1.93. The molecule has 0 spiro atoms. The molecule has 1 atom stereocenters. The second-order valence-corrected chi connectivity index (χ2v) is 4.95. The Hall–Kier alpha value is -0.160. The van der Waals surface area contributed by atoms with Gasteiger partial charge in [0.1, 0.15) is 4.60 Å². The first-order chi connectivity index (χ1) is 7.18. The van der Waals surface area contributed by atoms with Gasteiger partial charge >= 0.3 is 0 Å². The summed E-state index contributed by atoms with van der Waals surface area (Å²) in [7, 11) is 0. The van der Waals surface area contributed by atoms with E-state index in [1.165, 1.54) is 12.8 Å². The second kappa shape index (κ2) is 4.78. The van der Waals surface area contributed by atoms with E-state index >= 15 is 0 Å². The summed E-state index contributed by atoms with van der Waals surface area (Å²) in [6.45, 7) is 0.943. The highest BCUT2D eigenvalue weighted by Gasteiger charge is 2.22. The van der Waals surface area contributed by atoms with Crippen LogP contribution in [0.3, 0.4) is 0 Å². The molecule has 0 aromatic carbocycles. The molecule has 0 radical (unpaired) electrons. The Balaban J connectivity index is 2.24. The highest BCUT2D eigenvalue weighted by Crippen LogP contribution is 2.31. The van der Waals surface area contributed by atoms with E-state index in [9.17, 15) is 0 Å². The Bertz CT molecular complexity index is 359. The zero-order valence-electron chi connectivity index (χ0n) is 8.29. The van der Waals surface area contributed by atoms with E-state index in [4.69, 9.17) is 17.4 Å². The Morgan fingerprint density at radius 1 is 1.53 bits per heavy atom. The van der Waals surface area contributed by atoms with Gasteiger partial charge in [0, 0.05) is 12.7 Å². The van der Waals surface area contributed by atoms with Crippen LogP contribution in [0.5, 0.6) is 0 Å². The maximum atomic E-state index is 6.01. The molecular formula is C10H13BrClN3. The molecule has 2 N–H and O–H groups in total. The lowest BCUT2D eigenvalue weighted by Gasteiger charge is -2.31. The fourth-order valence-corrected chi connectivity index (χ4v) is 2.32. The van der Waals surface area contributed by atoms with Crippen LogP contribution in [0.1, 0.15) is 30.9 Å². The van der Waals surface area contributed by atoms with Crippen LogP contribution < -0.4 is 5.84 Å². The predicted molar refractivity (Wildman–Crippen MR) is 64.4 cm³/mol. The molecule has 1 aliphatic heterocycles. The number of pyridine rings is 1. The zero-order chi connectivity index (χ0) is 10.8. The van der Waals surface area contributed by atoms with Gasteiger partial charge in [0.2, 0.25) is 0 Å². The lowest BCUT2D eigenvalue weighted by molar-refractivity contribution is 0.151. The van der Waals surface area contributed by atoms with Gasteiger partial charge < -0.3 is 0 Å². The number of rotatable bonds is 1. The molecule has 0 bridgehead atoms. The molecule has 1 aliphatic rings. The number of halogens is 2. The topological polar surface area (TPSA) is 42.1 Å². The number of hydrazine groups is 1. The molecule has 1 aromatic heterocycles. The van der Waals surface area contributed by atoms with Gasteiger partial charge in [-0.05, 0) is 40.4 Å². The van der Waals surface area contributed by atoms with Crippen molar-refractivity contribution in [3.05, 3.63) is 27.5 Å². The lowest BCUT2D eigenvalue weighted by atomic mass is 9.98. The van der Waals surface area contributed by atoms with Crippen molar-refractivity contribution < 1.29 is 0 Å². The summed E-state index contributed by atoms with van der Waals surface area (Å²) < 4.78 is 0.687. The van der Waals surface area contributed by atoms with Crippen molar-refractivity contribution in [3.8, 4) is 0 Å². The van der Waals surface area contributed by atoms with Crippen LogP contribution in [0.25, 0.3) is 0 Å². The molecule has 15 heavy (non-hydrogen) atoms. The molecule has 1 saturated heterocycles. The van der Waals surface area contributed by atoms with Crippen molar-refractivity contribution >= 4 is 27.5 Å². The molecule has 3 nitrogen and oxygen atoms in total. The Kier molecular flexibility index (Phi) is 3.61. The SMILES string of the molecule is NN1CCCC[C@@H]1c1cnc(Br)c(Cl)c1. The van der Waals surface area contributed by atoms with Crippen molar-refractivity contribution in [2.75, 3.05) is 6.54 Å². The van der Waals surface area contributed by atoms with Gasteiger partial charge in [0.25, 0.3) is 0 Å². The van der Waals surface area contributed by atoms with Gasteiger partial charge in [0.15, 0.2) is 0 Å². The minimum absolute atomic E-state index is 0.261. The first-order valence-corrected chi connectivity index (χ1v) is 6.18. The standard InChI is InChI=1S/C10H13BrClN3/c11-10-8(12)5-7(6-14-10)9-3-1-2-4-15(9)13/h5-6,9H,1-4,13H2/t9-/m1/s1. The quantitative estimate of drug-likeness (QED) is 0.639. The number of nitrogens with two attached hydrogens (primary N) is 1. The molecule has 2 heterocycles. The minimum atomic E-state index is 0.261. The molecule has 0 unspecified atom stereocenters. The maximum absolute atomic E-state index is 6.01. The average Bonchev–Trinajstić information content (AvgIpc) is 2.23. The van der Waals surface area contributed by atoms with Crippen molar-refractivity contribution in [3.63, 3.8) is 0 Å².